The van der Waals surface area contributed by atoms with Crippen LogP contribution < -0.4 is 0 Å². The minimum atomic E-state index is -0.327. The van der Waals surface area contributed by atoms with Crippen LogP contribution in [0.4, 0.5) is 0 Å². The molecule has 134 valence electrons. The van der Waals surface area contributed by atoms with E-state index in [1.54, 1.807) is 6.20 Å². The number of carbonyl (C=O) groups is 1. The first-order valence-electron chi connectivity index (χ1n) is 9.30. The third-order valence-electron chi connectivity index (χ3n) is 5.68. The topological polar surface area (TPSA) is 61.9 Å². The lowest BCUT2D eigenvalue weighted by molar-refractivity contribution is 0.0645. The number of carbonyl (C=O) groups excluding carboxylic acids is 1. The Kier molecular flexibility index (Phi) is 3.67. The van der Waals surface area contributed by atoms with Crippen molar-refractivity contribution in [2.45, 2.75) is 18.3 Å². The Hall–Kier alpha value is -3.21. The quantitative estimate of drug-likeness (QED) is 0.784. The second kappa shape index (κ2) is 6.20. The molecule has 1 saturated heterocycles. The van der Waals surface area contributed by atoms with Crippen molar-refractivity contribution in [3.8, 4) is 0 Å². The van der Waals surface area contributed by atoms with E-state index in [-0.39, 0.29) is 11.3 Å². The molecule has 2 aromatic heterocycles. The normalized spacial score (nSPS) is 20.8. The zero-order valence-corrected chi connectivity index (χ0v) is 14.9. The fourth-order valence-corrected chi connectivity index (χ4v) is 4.02. The lowest BCUT2D eigenvalue weighted by Crippen LogP contribution is -2.42. The molecule has 1 fully saturated rings. The van der Waals surface area contributed by atoms with Crippen LogP contribution in [0.15, 0.2) is 60.9 Å². The molecule has 1 amide bonds. The summed E-state index contributed by atoms with van der Waals surface area (Å²) in [6, 6.07) is 14.5. The van der Waals surface area contributed by atoms with E-state index in [2.05, 4.69) is 57.7 Å². The number of rotatable bonds is 3. The number of allylic oxidation sites excluding steroid dienone is 1. The molecule has 0 bridgehead atoms. The van der Waals surface area contributed by atoms with Gasteiger partial charge in [-0.05, 0) is 23.6 Å². The molecule has 1 N–H and O–H groups in total. The monoisotopic (exact) mass is 356 g/mol. The van der Waals surface area contributed by atoms with E-state index in [1.807, 2.05) is 23.2 Å². The molecule has 27 heavy (non-hydrogen) atoms. The first kappa shape index (κ1) is 16.0. The predicted molar refractivity (Wildman–Crippen MR) is 103 cm³/mol. The van der Waals surface area contributed by atoms with Crippen molar-refractivity contribution in [2.75, 3.05) is 13.1 Å². The maximum atomic E-state index is 12.7. The van der Waals surface area contributed by atoms with Crippen molar-refractivity contribution in [1.82, 2.24) is 20.1 Å². The minimum Gasteiger partial charge on any atom is -0.337 e. The standard InChI is InChI=1S/C22H20N4O/c27-21(26-12-5-13-26)20-18-9-10-22(14-19(18)24-25-20,16-6-2-1-3-7-16)17-8-4-11-23-15-17/h1-4,6-11,15H,5,12-14H2,(H,24,25). The maximum Gasteiger partial charge on any atom is 0.274 e. The number of pyridine rings is 1. The van der Waals surface area contributed by atoms with Crippen LogP contribution in [0.1, 0.15) is 39.3 Å². The molecular formula is C22H20N4O. The van der Waals surface area contributed by atoms with Crippen LogP contribution in [-0.4, -0.2) is 39.1 Å². The number of nitrogens with one attached hydrogen (secondary N) is 1. The Balaban J connectivity index is 1.60. The molecule has 0 spiro atoms. The van der Waals surface area contributed by atoms with Gasteiger partial charge in [0.05, 0.1) is 0 Å². The summed E-state index contributed by atoms with van der Waals surface area (Å²) in [7, 11) is 0. The summed E-state index contributed by atoms with van der Waals surface area (Å²) in [5.74, 6) is 0.0250. The lowest BCUT2D eigenvalue weighted by Gasteiger charge is -2.34. The zero-order valence-electron chi connectivity index (χ0n) is 14.9. The Morgan fingerprint density at radius 1 is 1.07 bits per heavy atom. The Bertz CT molecular complexity index is 964. The predicted octanol–water partition coefficient (Wildman–Crippen LogP) is 3.21. The molecule has 1 unspecified atom stereocenters. The molecule has 2 aliphatic rings. The van der Waals surface area contributed by atoms with Crippen molar-refractivity contribution in [1.29, 1.82) is 0 Å². The molecule has 1 atom stereocenters. The Morgan fingerprint density at radius 3 is 2.59 bits per heavy atom. The van der Waals surface area contributed by atoms with E-state index in [0.717, 1.165) is 42.8 Å². The highest BCUT2D eigenvalue weighted by molar-refractivity contribution is 5.97. The van der Waals surface area contributed by atoms with E-state index in [9.17, 15) is 4.79 Å². The van der Waals surface area contributed by atoms with Crippen LogP contribution in [0.25, 0.3) is 6.08 Å². The smallest absolute Gasteiger partial charge is 0.274 e. The zero-order chi connectivity index (χ0) is 18.3. The van der Waals surface area contributed by atoms with Crippen LogP contribution in [0.5, 0.6) is 0 Å². The summed E-state index contributed by atoms with van der Waals surface area (Å²) in [6.45, 7) is 1.65. The first-order valence-corrected chi connectivity index (χ1v) is 9.30. The number of aromatic nitrogens is 3. The molecule has 5 heteroatoms. The SMILES string of the molecule is O=C(c1n[nH]c2c1C=CC(c1ccccc1)(c1cccnc1)C2)N1CCC1. The molecule has 0 radical (unpaired) electrons. The van der Waals surface area contributed by atoms with Crippen LogP contribution >= 0.6 is 0 Å². The van der Waals surface area contributed by atoms with Gasteiger partial charge < -0.3 is 4.90 Å². The van der Waals surface area contributed by atoms with E-state index in [1.165, 1.54) is 5.56 Å². The van der Waals surface area contributed by atoms with Crippen molar-refractivity contribution in [2.24, 2.45) is 0 Å². The fourth-order valence-electron chi connectivity index (χ4n) is 4.02. The third-order valence-corrected chi connectivity index (χ3v) is 5.68. The molecule has 1 aliphatic carbocycles. The number of likely N-dealkylation sites (tertiary alicyclic amines) is 1. The van der Waals surface area contributed by atoms with Gasteiger partial charge in [0, 0.05) is 48.6 Å². The molecule has 5 rings (SSSR count). The maximum absolute atomic E-state index is 12.7. The Labute approximate surface area is 157 Å². The van der Waals surface area contributed by atoms with Gasteiger partial charge >= 0.3 is 0 Å². The van der Waals surface area contributed by atoms with Crippen molar-refractivity contribution in [3.63, 3.8) is 0 Å². The van der Waals surface area contributed by atoms with E-state index < -0.39 is 0 Å². The van der Waals surface area contributed by atoms with Gasteiger partial charge in [-0.25, -0.2) is 0 Å². The van der Waals surface area contributed by atoms with Crippen molar-refractivity contribution < 1.29 is 4.79 Å². The number of aromatic amines is 1. The fraction of sp³-hybridized carbons (Fsp3) is 0.227. The molecule has 0 saturated carbocycles. The molecule has 3 aromatic rings. The molecule has 1 aromatic carbocycles. The first-order chi connectivity index (χ1) is 13.3. The van der Waals surface area contributed by atoms with Gasteiger partial charge in [-0.3, -0.25) is 14.9 Å². The average molecular weight is 356 g/mol. The largest absolute Gasteiger partial charge is 0.337 e. The van der Waals surface area contributed by atoms with Gasteiger partial charge in [0.15, 0.2) is 5.69 Å². The highest BCUT2D eigenvalue weighted by Gasteiger charge is 2.38. The number of amides is 1. The second-order valence-corrected chi connectivity index (χ2v) is 7.20. The van der Waals surface area contributed by atoms with Crippen molar-refractivity contribution >= 4 is 12.0 Å². The summed E-state index contributed by atoms with van der Waals surface area (Å²) in [6.07, 6.45) is 9.76. The summed E-state index contributed by atoms with van der Waals surface area (Å²) >= 11 is 0. The van der Waals surface area contributed by atoms with Crippen LogP contribution in [0, 0.1) is 0 Å². The molecular weight excluding hydrogens is 336 g/mol. The second-order valence-electron chi connectivity index (χ2n) is 7.20. The molecule has 1 aliphatic heterocycles. The summed E-state index contributed by atoms with van der Waals surface area (Å²) in [4.78, 5) is 18.9. The number of nitrogens with zero attached hydrogens (tertiary/aromatic N) is 3. The van der Waals surface area contributed by atoms with Gasteiger partial charge in [-0.2, -0.15) is 5.10 Å². The van der Waals surface area contributed by atoms with Gasteiger partial charge in [0.2, 0.25) is 0 Å². The van der Waals surface area contributed by atoms with Crippen molar-refractivity contribution in [3.05, 3.63) is 89.0 Å². The number of H-pyrrole nitrogens is 1. The number of hydrogen-bond acceptors (Lipinski definition) is 3. The third kappa shape index (κ3) is 2.50. The van der Waals surface area contributed by atoms with Gasteiger partial charge in [-0.15, -0.1) is 0 Å². The number of hydrogen-bond donors (Lipinski definition) is 1. The van der Waals surface area contributed by atoms with Gasteiger partial charge in [0.1, 0.15) is 0 Å². The number of benzene rings is 1. The van der Waals surface area contributed by atoms with E-state index in [4.69, 9.17) is 0 Å². The van der Waals surface area contributed by atoms with Crippen LogP contribution in [-0.2, 0) is 11.8 Å². The van der Waals surface area contributed by atoms with Gasteiger partial charge in [0.25, 0.3) is 5.91 Å². The molecule has 3 heterocycles. The highest BCUT2D eigenvalue weighted by Crippen LogP contribution is 2.41. The summed E-state index contributed by atoms with van der Waals surface area (Å²) < 4.78 is 0. The van der Waals surface area contributed by atoms with E-state index in [0.29, 0.717) is 5.69 Å². The lowest BCUT2D eigenvalue weighted by atomic mass is 9.69. The van der Waals surface area contributed by atoms with Crippen LogP contribution in [0.3, 0.4) is 0 Å². The number of fused-ring (bicyclic) bond motifs is 1. The van der Waals surface area contributed by atoms with Gasteiger partial charge in [-0.1, -0.05) is 48.6 Å². The Morgan fingerprint density at radius 2 is 1.89 bits per heavy atom. The summed E-state index contributed by atoms with van der Waals surface area (Å²) in [5, 5.41) is 7.51. The molecule has 5 nitrogen and oxygen atoms in total. The van der Waals surface area contributed by atoms with E-state index >= 15 is 0 Å². The summed E-state index contributed by atoms with van der Waals surface area (Å²) in [5.41, 5.74) is 4.45. The highest BCUT2D eigenvalue weighted by atomic mass is 16.2. The average Bonchev–Trinajstić information content (AvgIpc) is 3.11. The minimum absolute atomic E-state index is 0.0250. The van der Waals surface area contributed by atoms with Crippen LogP contribution in [0.2, 0.25) is 0 Å².